The van der Waals surface area contributed by atoms with E-state index in [2.05, 4.69) is 19.9 Å². The van der Waals surface area contributed by atoms with Crippen molar-refractivity contribution < 1.29 is 17.6 Å². The summed E-state index contributed by atoms with van der Waals surface area (Å²) in [5.41, 5.74) is 0.172. The molecule has 0 saturated heterocycles. The first-order chi connectivity index (χ1) is 14.7. The number of nitrogens with zero attached hydrogens (tertiary/aromatic N) is 5. The normalized spacial score (nSPS) is 15.4. The van der Waals surface area contributed by atoms with Gasteiger partial charge in [0.1, 0.15) is 17.8 Å². The number of thiophene rings is 1. The van der Waals surface area contributed by atoms with Crippen LogP contribution in [-0.4, -0.2) is 46.2 Å². The molecule has 2 aromatic heterocycles. The minimum absolute atomic E-state index is 0.110. The van der Waals surface area contributed by atoms with Gasteiger partial charge >= 0.3 is 10.2 Å². The molecule has 0 atom stereocenters. The molecule has 1 amide bonds. The first-order valence-electron chi connectivity index (χ1n) is 8.67. The van der Waals surface area contributed by atoms with E-state index < -0.39 is 21.9 Å². The third kappa shape index (κ3) is 4.09. The smallest absolute Gasteiger partial charge is 0.321 e. The second-order valence-corrected chi connectivity index (χ2v) is 9.58. The number of nitrogens with one attached hydrogen (secondary N) is 1. The molecule has 13 heteroatoms. The number of amides is 1. The minimum Gasteiger partial charge on any atom is -0.321 e. The van der Waals surface area contributed by atoms with Gasteiger partial charge in [-0.3, -0.25) is 4.79 Å². The maximum Gasteiger partial charge on any atom is 0.345 e. The first-order valence-corrected chi connectivity index (χ1v) is 11.3. The molecule has 0 fully saturated rings. The summed E-state index contributed by atoms with van der Waals surface area (Å²) in [6.45, 7) is 0. The van der Waals surface area contributed by atoms with E-state index in [0.29, 0.717) is 10.7 Å². The van der Waals surface area contributed by atoms with Crippen LogP contribution in [0.2, 0.25) is 5.02 Å². The SMILES string of the molecule is CN1C(C(=O)Nc2ccc(F)c(Cl)c2)=CC(c2ccc(-c3nncn3C)s2)=NS1(=O)=O. The van der Waals surface area contributed by atoms with Crippen LogP contribution in [-0.2, 0) is 22.1 Å². The molecule has 160 valence electrons. The van der Waals surface area contributed by atoms with Gasteiger partial charge < -0.3 is 9.88 Å². The van der Waals surface area contributed by atoms with Crippen LogP contribution in [0, 0.1) is 5.82 Å². The number of hydrogen-bond acceptors (Lipinski definition) is 6. The maximum absolute atomic E-state index is 13.4. The van der Waals surface area contributed by atoms with Gasteiger partial charge in [0.15, 0.2) is 5.82 Å². The Kier molecular flexibility index (Phi) is 5.37. The third-order valence-electron chi connectivity index (χ3n) is 4.37. The monoisotopic (exact) mass is 480 g/mol. The zero-order valence-electron chi connectivity index (χ0n) is 16.1. The van der Waals surface area contributed by atoms with Crippen LogP contribution in [0.5, 0.6) is 0 Å². The van der Waals surface area contributed by atoms with Crippen molar-refractivity contribution in [2.24, 2.45) is 11.4 Å². The van der Waals surface area contributed by atoms with E-state index in [1.54, 1.807) is 30.1 Å². The number of carbonyl (C=O) groups excluding carboxylic acids is 1. The fourth-order valence-electron chi connectivity index (χ4n) is 2.75. The van der Waals surface area contributed by atoms with E-state index in [9.17, 15) is 17.6 Å². The Labute approximate surface area is 185 Å². The lowest BCUT2D eigenvalue weighted by Gasteiger charge is -2.23. The Balaban J connectivity index is 1.67. The molecule has 1 aliphatic heterocycles. The minimum atomic E-state index is -4.13. The third-order valence-corrected chi connectivity index (χ3v) is 7.08. The highest BCUT2D eigenvalue weighted by Gasteiger charge is 2.30. The van der Waals surface area contributed by atoms with Gasteiger partial charge in [-0.2, -0.15) is 8.42 Å². The second kappa shape index (κ2) is 7.87. The van der Waals surface area contributed by atoms with Gasteiger partial charge in [0, 0.05) is 19.8 Å². The zero-order chi connectivity index (χ0) is 22.3. The van der Waals surface area contributed by atoms with E-state index in [0.717, 1.165) is 15.2 Å². The molecule has 0 radical (unpaired) electrons. The molecule has 0 spiro atoms. The average molecular weight is 481 g/mol. The lowest BCUT2D eigenvalue weighted by molar-refractivity contribution is -0.113. The van der Waals surface area contributed by atoms with Gasteiger partial charge in [-0.05, 0) is 36.4 Å². The number of hydrogen-bond donors (Lipinski definition) is 1. The highest BCUT2D eigenvalue weighted by Crippen LogP contribution is 2.29. The Morgan fingerprint density at radius 1 is 1.19 bits per heavy atom. The Morgan fingerprint density at radius 2 is 1.94 bits per heavy atom. The van der Waals surface area contributed by atoms with E-state index in [1.165, 1.54) is 36.6 Å². The molecular formula is C18H14ClFN6O3S2. The standard InChI is InChI=1S/C18H14ClFN6O3S2/c1-25-9-21-23-17(25)16-6-5-15(30-16)13-8-14(26(2)31(28,29)24-13)18(27)22-10-3-4-12(20)11(19)7-10/h3-9H,1-2H3,(H,22,27). The van der Waals surface area contributed by atoms with Crippen molar-refractivity contribution in [3.63, 3.8) is 0 Å². The molecule has 0 bridgehead atoms. The van der Waals surface area contributed by atoms with Crippen LogP contribution >= 0.6 is 22.9 Å². The van der Waals surface area contributed by atoms with Crippen molar-refractivity contribution in [3.05, 3.63) is 64.1 Å². The van der Waals surface area contributed by atoms with Crippen LogP contribution in [0.3, 0.4) is 0 Å². The molecule has 3 heterocycles. The topological polar surface area (TPSA) is 110 Å². The van der Waals surface area contributed by atoms with E-state index >= 15 is 0 Å². The Bertz CT molecular complexity index is 1360. The summed E-state index contributed by atoms with van der Waals surface area (Å²) in [4.78, 5) is 14.1. The van der Waals surface area contributed by atoms with Crippen LogP contribution in [0.25, 0.3) is 10.7 Å². The fraction of sp³-hybridized carbons (Fsp3) is 0.111. The van der Waals surface area contributed by atoms with Crippen molar-refractivity contribution in [1.82, 2.24) is 19.1 Å². The Hall–Kier alpha value is -3.09. The van der Waals surface area contributed by atoms with E-state index in [4.69, 9.17) is 11.6 Å². The summed E-state index contributed by atoms with van der Waals surface area (Å²) in [6, 6.07) is 7.11. The average Bonchev–Trinajstić information content (AvgIpc) is 3.35. The van der Waals surface area contributed by atoms with Crippen molar-refractivity contribution in [1.29, 1.82) is 0 Å². The summed E-state index contributed by atoms with van der Waals surface area (Å²) in [5.74, 6) is -0.740. The molecule has 4 rings (SSSR count). The van der Waals surface area contributed by atoms with Crippen LogP contribution < -0.4 is 5.32 Å². The predicted molar refractivity (Wildman–Crippen MR) is 116 cm³/mol. The highest BCUT2D eigenvalue weighted by molar-refractivity contribution is 7.88. The molecule has 0 unspecified atom stereocenters. The maximum atomic E-state index is 13.4. The summed E-state index contributed by atoms with van der Waals surface area (Å²) in [7, 11) is -1.12. The van der Waals surface area contributed by atoms with Gasteiger partial charge in [-0.25, -0.2) is 8.70 Å². The summed E-state index contributed by atoms with van der Waals surface area (Å²) in [5, 5.41) is 10.2. The number of likely N-dealkylation sites (N-methyl/N-ethyl adjacent to an activating group) is 1. The van der Waals surface area contributed by atoms with Gasteiger partial charge in [-0.1, -0.05) is 11.6 Å². The molecule has 31 heavy (non-hydrogen) atoms. The number of aromatic nitrogens is 3. The number of aryl methyl sites for hydroxylation is 1. The number of allylic oxidation sites excluding steroid dienone is 1. The molecule has 1 aliphatic rings. The molecule has 0 aliphatic carbocycles. The van der Waals surface area contributed by atoms with Crippen molar-refractivity contribution >= 4 is 50.5 Å². The molecule has 0 saturated carbocycles. The van der Waals surface area contributed by atoms with Crippen LogP contribution in [0.4, 0.5) is 10.1 Å². The van der Waals surface area contributed by atoms with Gasteiger partial charge in [0.2, 0.25) is 0 Å². The van der Waals surface area contributed by atoms with Gasteiger partial charge in [0.25, 0.3) is 5.91 Å². The number of carbonyl (C=O) groups is 1. The van der Waals surface area contributed by atoms with Gasteiger partial charge in [0.05, 0.1) is 20.5 Å². The molecule has 1 aromatic carbocycles. The first kappa shape index (κ1) is 21.2. The highest BCUT2D eigenvalue weighted by atomic mass is 35.5. The van der Waals surface area contributed by atoms with Crippen LogP contribution in [0.1, 0.15) is 4.88 Å². The molecule has 9 nitrogen and oxygen atoms in total. The van der Waals surface area contributed by atoms with Gasteiger partial charge in [-0.15, -0.1) is 25.9 Å². The molecular weight excluding hydrogens is 467 g/mol. The fourth-order valence-corrected chi connectivity index (χ4v) is 4.89. The van der Waals surface area contributed by atoms with E-state index in [-0.39, 0.29) is 22.1 Å². The lowest BCUT2D eigenvalue weighted by Crippen LogP contribution is -2.35. The quantitative estimate of drug-likeness (QED) is 0.617. The molecule has 1 N–H and O–H groups in total. The second-order valence-electron chi connectivity index (χ2n) is 6.46. The van der Waals surface area contributed by atoms with Crippen molar-refractivity contribution in [2.75, 3.05) is 12.4 Å². The lowest BCUT2D eigenvalue weighted by atomic mass is 10.2. The number of benzene rings is 1. The number of anilines is 1. The zero-order valence-corrected chi connectivity index (χ0v) is 18.5. The summed E-state index contributed by atoms with van der Waals surface area (Å²) in [6.07, 6.45) is 2.92. The summed E-state index contributed by atoms with van der Waals surface area (Å²) < 4.78 is 44.7. The van der Waals surface area contributed by atoms with E-state index in [1.807, 2.05) is 0 Å². The number of rotatable bonds is 4. The van der Waals surface area contributed by atoms with Crippen molar-refractivity contribution in [3.8, 4) is 10.7 Å². The predicted octanol–water partition coefficient (Wildman–Crippen LogP) is 2.84. The summed E-state index contributed by atoms with van der Waals surface area (Å²) >= 11 is 7.00. The molecule has 3 aromatic rings. The Morgan fingerprint density at radius 3 is 2.61 bits per heavy atom. The largest absolute Gasteiger partial charge is 0.345 e. The van der Waals surface area contributed by atoms with Crippen molar-refractivity contribution in [2.45, 2.75) is 0 Å². The number of halogens is 2. The van der Waals surface area contributed by atoms with Crippen LogP contribution in [0.15, 0.2) is 52.8 Å².